The number of hydrogen-bond donors (Lipinski definition) is 1. The molecule has 0 saturated carbocycles. The molecular weight excluding hydrogens is 462 g/mol. The summed E-state index contributed by atoms with van der Waals surface area (Å²) < 4.78 is 2.99. The molecule has 2 atom stereocenters. The number of halogens is 1. The molecule has 154 valence electrons. The van der Waals surface area contributed by atoms with E-state index in [9.17, 15) is 4.79 Å². The molecule has 0 spiro atoms. The van der Waals surface area contributed by atoms with Crippen molar-refractivity contribution in [2.24, 2.45) is 7.05 Å². The molecule has 30 heavy (non-hydrogen) atoms. The second-order valence-electron chi connectivity index (χ2n) is 7.14. The summed E-state index contributed by atoms with van der Waals surface area (Å²) in [5.41, 5.74) is 3.63. The number of aromatic nitrogens is 4. The van der Waals surface area contributed by atoms with E-state index < -0.39 is 0 Å². The van der Waals surface area contributed by atoms with E-state index in [2.05, 4.69) is 31.4 Å². The SMILES string of the molecule is CC[C@@H](Sc1nnc2c3cc(Br)ccc3n(C)c2n1)C(=O)N[C@H](C)c1ccccc1. The summed E-state index contributed by atoms with van der Waals surface area (Å²) in [4.78, 5) is 17.6. The summed E-state index contributed by atoms with van der Waals surface area (Å²) in [6.07, 6.45) is 0.668. The summed E-state index contributed by atoms with van der Waals surface area (Å²) in [5.74, 6) is -0.0245. The molecule has 4 rings (SSSR count). The summed E-state index contributed by atoms with van der Waals surface area (Å²) in [5, 5.41) is 13.0. The fourth-order valence-electron chi connectivity index (χ4n) is 3.45. The number of carbonyl (C=O) groups excluding carboxylic acids is 1. The molecule has 1 amide bonds. The molecule has 0 aliphatic rings. The van der Waals surface area contributed by atoms with Crippen molar-refractivity contribution < 1.29 is 4.79 Å². The molecule has 4 aromatic rings. The van der Waals surface area contributed by atoms with E-state index in [0.29, 0.717) is 11.6 Å². The number of thioether (sulfide) groups is 1. The standard InChI is InChI=1S/C22H22BrN5OS/c1-4-18(21(29)24-13(2)14-8-6-5-7-9-14)30-22-25-20-19(26-27-22)16-12-15(23)10-11-17(16)28(20)3/h5-13,18H,4H2,1-3H3,(H,24,29)/t13-,18-/m1/s1. The van der Waals surface area contributed by atoms with Crippen molar-refractivity contribution in [2.75, 3.05) is 0 Å². The van der Waals surface area contributed by atoms with Gasteiger partial charge in [-0.05, 0) is 37.1 Å². The highest BCUT2D eigenvalue weighted by molar-refractivity contribution is 9.10. The number of rotatable bonds is 6. The minimum atomic E-state index is -0.292. The smallest absolute Gasteiger partial charge is 0.234 e. The van der Waals surface area contributed by atoms with Gasteiger partial charge in [0.1, 0.15) is 5.52 Å². The average Bonchev–Trinajstić information content (AvgIpc) is 3.03. The lowest BCUT2D eigenvalue weighted by Gasteiger charge is -2.18. The Morgan fingerprint density at radius 2 is 1.97 bits per heavy atom. The lowest BCUT2D eigenvalue weighted by molar-refractivity contribution is -0.121. The predicted octanol–water partition coefficient (Wildman–Crippen LogP) is 5.03. The van der Waals surface area contributed by atoms with Crippen LogP contribution >= 0.6 is 27.7 Å². The van der Waals surface area contributed by atoms with E-state index in [1.165, 1.54) is 11.8 Å². The fourth-order valence-corrected chi connectivity index (χ4v) is 4.63. The number of nitrogens with zero attached hydrogens (tertiary/aromatic N) is 4. The summed E-state index contributed by atoms with van der Waals surface area (Å²) in [6.45, 7) is 3.98. The van der Waals surface area contributed by atoms with Crippen LogP contribution in [0.5, 0.6) is 0 Å². The molecule has 6 nitrogen and oxygen atoms in total. The normalized spacial score (nSPS) is 13.5. The minimum absolute atomic E-state index is 0.0245. The number of aryl methyl sites for hydroxylation is 1. The summed E-state index contributed by atoms with van der Waals surface area (Å²) in [7, 11) is 1.97. The van der Waals surface area contributed by atoms with Crippen LogP contribution in [0.4, 0.5) is 0 Å². The van der Waals surface area contributed by atoms with Gasteiger partial charge in [0.2, 0.25) is 11.1 Å². The van der Waals surface area contributed by atoms with E-state index in [1.54, 1.807) is 0 Å². The van der Waals surface area contributed by atoms with E-state index in [1.807, 2.05) is 74.0 Å². The van der Waals surface area contributed by atoms with Crippen molar-refractivity contribution in [3.8, 4) is 0 Å². The Morgan fingerprint density at radius 3 is 2.70 bits per heavy atom. The van der Waals surface area contributed by atoms with E-state index in [-0.39, 0.29) is 17.2 Å². The maximum atomic E-state index is 12.9. The highest BCUT2D eigenvalue weighted by Crippen LogP contribution is 2.30. The van der Waals surface area contributed by atoms with Crippen LogP contribution in [0.3, 0.4) is 0 Å². The van der Waals surface area contributed by atoms with Gasteiger partial charge in [-0.1, -0.05) is 64.9 Å². The van der Waals surface area contributed by atoms with Crippen LogP contribution in [0.15, 0.2) is 58.2 Å². The largest absolute Gasteiger partial charge is 0.349 e. The molecule has 1 N–H and O–H groups in total. The Hall–Kier alpha value is -2.45. The number of fused-ring (bicyclic) bond motifs is 3. The van der Waals surface area contributed by atoms with Crippen LogP contribution in [0.1, 0.15) is 31.9 Å². The molecule has 8 heteroatoms. The predicted molar refractivity (Wildman–Crippen MR) is 124 cm³/mol. The van der Waals surface area contributed by atoms with Crippen molar-refractivity contribution >= 4 is 55.7 Å². The first-order valence-corrected chi connectivity index (χ1v) is 11.5. The third-order valence-corrected chi connectivity index (χ3v) is 6.82. The van der Waals surface area contributed by atoms with Crippen LogP contribution < -0.4 is 5.32 Å². The van der Waals surface area contributed by atoms with Crippen molar-refractivity contribution in [1.82, 2.24) is 25.1 Å². The first kappa shape index (κ1) is 20.8. The van der Waals surface area contributed by atoms with Gasteiger partial charge in [-0.25, -0.2) is 4.98 Å². The second-order valence-corrected chi connectivity index (χ2v) is 9.23. The zero-order chi connectivity index (χ0) is 21.3. The van der Waals surface area contributed by atoms with Gasteiger partial charge < -0.3 is 9.88 Å². The Bertz CT molecular complexity index is 1210. The van der Waals surface area contributed by atoms with Gasteiger partial charge in [0, 0.05) is 16.9 Å². The highest BCUT2D eigenvalue weighted by Gasteiger charge is 2.22. The quantitative estimate of drug-likeness (QED) is 0.389. The van der Waals surface area contributed by atoms with Crippen molar-refractivity contribution in [3.63, 3.8) is 0 Å². The number of carbonyl (C=O) groups is 1. The first-order chi connectivity index (χ1) is 14.5. The topological polar surface area (TPSA) is 72.7 Å². The number of amides is 1. The van der Waals surface area contributed by atoms with Gasteiger partial charge in [-0.3, -0.25) is 4.79 Å². The Morgan fingerprint density at radius 1 is 1.20 bits per heavy atom. The number of benzene rings is 2. The molecule has 0 saturated heterocycles. The molecule has 0 aliphatic heterocycles. The maximum absolute atomic E-state index is 12.9. The van der Waals surface area contributed by atoms with Crippen LogP contribution in [-0.4, -0.2) is 30.9 Å². The van der Waals surface area contributed by atoms with Crippen molar-refractivity contribution in [2.45, 2.75) is 36.7 Å². The van der Waals surface area contributed by atoms with Gasteiger partial charge in [0.25, 0.3) is 0 Å². The average molecular weight is 484 g/mol. The highest BCUT2D eigenvalue weighted by atomic mass is 79.9. The third-order valence-electron chi connectivity index (χ3n) is 5.11. The first-order valence-electron chi connectivity index (χ1n) is 9.78. The van der Waals surface area contributed by atoms with E-state index in [0.717, 1.165) is 32.1 Å². The van der Waals surface area contributed by atoms with Gasteiger partial charge in [0.15, 0.2) is 5.65 Å². The molecule has 2 heterocycles. The summed E-state index contributed by atoms with van der Waals surface area (Å²) in [6, 6.07) is 15.9. The van der Waals surface area contributed by atoms with E-state index in [4.69, 9.17) is 4.98 Å². The van der Waals surface area contributed by atoms with Crippen LogP contribution in [-0.2, 0) is 11.8 Å². The Kier molecular flexibility index (Phi) is 6.06. The van der Waals surface area contributed by atoms with Gasteiger partial charge in [-0.15, -0.1) is 10.2 Å². The summed E-state index contributed by atoms with van der Waals surface area (Å²) >= 11 is 4.86. The zero-order valence-corrected chi connectivity index (χ0v) is 19.4. The second kappa shape index (κ2) is 8.73. The number of hydrogen-bond acceptors (Lipinski definition) is 5. The maximum Gasteiger partial charge on any atom is 0.234 e. The van der Waals surface area contributed by atoms with Crippen LogP contribution in [0.25, 0.3) is 22.1 Å². The third kappa shape index (κ3) is 4.06. The van der Waals surface area contributed by atoms with Gasteiger partial charge >= 0.3 is 0 Å². The Balaban J connectivity index is 1.56. The zero-order valence-electron chi connectivity index (χ0n) is 17.0. The fraction of sp³-hybridized carbons (Fsp3) is 0.273. The molecule has 2 aromatic heterocycles. The Labute approximate surface area is 187 Å². The van der Waals surface area contributed by atoms with Gasteiger partial charge in [-0.2, -0.15) is 0 Å². The molecule has 0 aliphatic carbocycles. The molecule has 2 aromatic carbocycles. The van der Waals surface area contributed by atoms with E-state index >= 15 is 0 Å². The van der Waals surface area contributed by atoms with Crippen molar-refractivity contribution in [3.05, 3.63) is 58.6 Å². The molecule has 0 radical (unpaired) electrons. The lowest BCUT2D eigenvalue weighted by Crippen LogP contribution is -2.34. The van der Waals surface area contributed by atoms with Crippen LogP contribution in [0, 0.1) is 0 Å². The molecular formula is C22H22BrN5OS. The van der Waals surface area contributed by atoms with Gasteiger partial charge in [0.05, 0.1) is 16.8 Å². The number of nitrogens with one attached hydrogen (secondary N) is 1. The molecule has 0 fully saturated rings. The van der Waals surface area contributed by atoms with Crippen molar-refractivity contribution in [1.29, 1.82) is 0 Å². The monoisotopic (exact) mass is 483 g/mol. The molecule has 0 unspecified atom stereocenters. The molecule has 0 bridgehead atoms. The minimum Gasteiger partial charge on any atom is -0.349 e. The lowest BCUT2D eigenvalue weighted by atomic mass is 10.1. The van der Waals surface area contributed by atoms with Crippen LogP contribution in [0.2, 0.25) is 0 Å².